The molecule has 6 nitrogen and oxygen atoms in total. The summed E-state index contributed by atoms with van der Waals surface area (Å²) in [5, 5.41) is 8.98. The van der Waals surface area contributed by atoms with Gasteiger partial charge in [0.2, 0.25) is 5.91 Å². The van der Waals surface area contributed by atoms with Gasteiger partial charge in [-0.15, -0.1) is 0 Å². The number of piperidine rings is 1. The first-order valence-corrected chi connectivity index (χ1v) is 8.25. The first kappa shape index (κ1) is 17.1. The van der Waals surface area contributed by atoms with Crippen LogP contribution in [-0.2, 0) is 16.0 Å². The Morgan fingerprint density at radius 2 is 2.00 bits per heavy atom. The lowest BCUT2D eigenvalue weighted by Gasteiger charge is -2.30. The molecule has 0 aliphatic carbocycles. The Hall–Kier alpha value is -2.70. The van der Waals surface area contributed by atoms with Gasteiger partial charge < -0.3 is 14.4 Å². The van der Waals surface area contributed by atoms with Gasteiger partial charge in [-0.3, -0.25) is 9.59 Å². The van der Waals surface area contributed by atoms with Crippen molar-refractivity contribution >= 4 is 11.9 Å². The predicted octanol–water partition coefficient (Wildman–Crippen LogP) is 2.74. The molecule has 3 rings (SSSR count). The van der Waals surface area contributed by atoms with Crippen LogP contribution in [0.5, 0.6) is 0 Å². The summed E-state index contributed by atoms with van der Waals surface area (Å²) in [6.45, 7) is 0.920. The molecule has 0 spiro atoms. The fourth-order valence-electron chi connectivity index (χ4n) is 2.96. The number of carbonyl (C=O) groups is 2. The molecule has 2 heterocycles. The van der Waals surface area contributed by atoms with Gasteiger partial charge in [-0.05, 0) is 25.0 Å². The summed E-state index contributed by atoms with van der Waals surface area (Å²) in [7, 11) is 0. The van der Waals surface area contributed by atoms with Crippen LogP contribution in [0.25, 0.3) is 11.3 Å². The zero-order chi connectivity index (χ0) is 17.8. The minimum Gasteiger partial charge on any atom is -0.481 e. The zero-order valence-electron chi connectivity index (χ0n) is 13.7. The standard InChI is InChI=1S/C18H19FN2O4/c19-14-4-2-1-3-13(14)15-11-20-16(25-15)5-6-17(22)21-9-7-12(8-10-21)18(23)24/h1-4,11-12H,5-10H2,(H,23,24). The second-order valence-corrected chi connectivity index (χ2v) is 6.09. The number of nitrogens with zero attached hydrogens (tertiary/aromatic N) is 2. The number of likely N-dealkylation sites (tertiary alicyclic amines) is 1. The van der Waals surface area contributed by atoms with Crippen LogP contribution in [-0.4, -0.2) is 40.0 Å². The van der Waals surface area contributed by atoms with Crippen LogP contribution >= 0.6 is 0 Å². The maximum atomic E-state index is 13.7. The van der Waals surface area contributed by atoms with E-state index in [0.717, 1.165) is 0 Å². The van der Waals surface area contributed by atoms with Crippen molar-refractivity contribution in [3.63, 3.8) is 0 Å². The monoisotopic (exact) mass is 346 g/mol. The van der Waals surface area contributed by atoms with Crippen LogP contribution in [0.1, 0.15) is 25.2 Å². The molecular formula is C18H19FN2O4. The molecule has 1 saturated heterocycles. The average Bonchev–Trinajstić information content (AvgIpc) is 3.09. The lowest BCUT2D eigenvalue weighted by molar-refractivity contribution is -0.145. The Balaban J connectivity index is 1.53. The van der Waals surface area contributed by atoms with E-state index in [1.165, 1.54) is 12.3 Å². The van der Waals surface area contributed by atoms with E-state index in [9.17, 15) is 14.0 Å². The van der Waals surface area contributed by atoms with E-state index in [2.05, 4.69) is 4.98 Å². The summed E-state index contributed by atoms with van der Waals surface area (Å²) in [6, 6.07) is 6.27. The highest BCUT2D eigenvalue weighted by Crippen LogP contribution is 2.24. The van der Waals surface area contributed by atoms with Gasteiger partial charge in [0, 0.05) is 25.9 Å². The number of carboxylic acid groups (broad SMARTS) is 1. The van der Waals surface area contributed by atoms with Crippen molar-refractivity contribution in [1.29, 1.82) is 0 Å². The molecule has 0 bridgehead atoms. The molecule has 1 aliphatic rings. The second kappa shape index (κ2) is 7.46. The van der Waals surface area contributed by atoms with Crippen LogP contribution in [0.3, 0.4) is 0 Å². The molecule has 0 radical (unpaired) electrons. The quantitative estimate of drug-likeness (QED) is 0.900. The summed E-state index contributed by atoms with van der Waals surface area (Å²) in [5.41, 5.74) is 0.336. The molecule has 0 atom stereocenters. The third-order valence-corrected chi connectivity index (χ3v) is 4.44. The molecule has 2 aromatic rings. The van der Waals surface area contributed by atoms with Crippen LogP contribution < -0.4 is 0 Å². The van der Waals surface area contributed by atoms with Crippen LogP contribution in [0.4, 0.5) is 4.39 Å². The van der Waals surface area contributed by atoms with Gasteiger partial charge in [0.1, 0.15) is 5.82 Å². The van der Waals surface area contributed by atoms with E-state index in [-0.39, 0.29) is 24.1 Å². The van der Waals surface area contributed by atoms with E-state index in [0.29, 0.717) is 49.6 Å². The number of oxazole rings is 1. The molecular weight excluding hydrogens is 327 g/mol. The molecule has 25 heavy (non-hydrogen) atoms. The van der Waals surface area contributed by atoms with Gasteiger partial charge in [-0.1, -0.05) is 12.1 Å². The number of aliphatic carboxylic acids is 1. The van der Waals surface area contributed by atoms with Crippen LogP contribution in [0, 0.1) is 11.7 Å². The van der Waals surface area contributed by atoms with Crippen LogP contribution in [0.15, 0.2) is 34.9 Å². The summed E-state index contributed by atoms with van der Waals surface area (Å²) in [4.78, 5) is 28.9. The number of amides is 1. The van der Waals surface area contributed by atoms with Crippen molar-refractivity contribution in [2.75, 3.05) is 13.1 Å². The molecule has 0 saturated carbocycles. The third-order valence-electron chi connectivity index (χ3n) is 4.44. The molecule has 1 aromatic heterocycles. The lowest BCUT2D eigenvalue weighted by Crippen LogP contribution is -2.40. The molecule has 1 amide bonds. The van der Waals surface area contributed by atoms with Crippen molar-refractivity contribution in [1.82, 2.24) is 9.88 Å². The fraction of sp³-hybridized carbons (Fsp3) is 0.389. The van der Waals surface area contributed by atoms with E-state index < -0.39 is 5.97 Å². The number of hydrogen-bond donors (Lipinski definition) is 1. The van der Waals surface area contributed by atoms with E-state index >= 15 is 0 Å². The number of aromatic nitrogens is 1. The maximum absolute atomic E-state index is 13.7. The topological polar surface area (TPSA) is 83.6 Å². The summed E-state index contributed by atoms with van der Waals surface area (Å²) >= 11 is 0. The molecule has 1 aromatic carbocycles. The Labute approximate surface area is 144 Å². The molecule has 1 aliphatic heterocycles. The van der Waals surface area contributed by atoms with Crippen molar-refractivity contribution < 1.29 is 23.5 Å². The fourth-order valence-corrected chi connectivity index (χ4v) is 2.96. The number of aryl methyl sites for hydroxylation is 1. The molecule has 1 fully saturated rings. The van der Waals surface area contributed by atoms with E-state index in [1.54, 1.807) is 23.1 Å². The Morgan fingerprint density at radius 3 is 2.68 bits per heavy atom. The van der Waals surface area contributed by atoms with Gasteiger partial charge in [-0.25, -0.2) is 9.37 Å². The maximum Gasteiger partial charge on any atom is 0.306 e. The van der Waals surface area contributed by atoms with E-state index in [1.807, 2.05) is 0 Å². The minimum atomic E-state index is -0.799. The largest absolute Gasteiger partial charge is 0.481 e. The minimum absolute atomic E-state index is 0.0468. The molecule has 1 N–H and O–H groups in total. The summed E-state index contributed by atoms with van der Waals surface area (Å²) in [5.74, 6) is -0.876. The average molecular weight is 346 g/mol. The van der Waals surface area contributed by atoms with Gasteiger partial charge in [-0.2, -0.15) is 0 Å². The number of rotatable bonds is 5. The highest BCUT2D eigenvalue weighted by molar-refractivity contribution is 5.77. The van der Waals surface area contributed by atoms with Crippen molar-refractivity contribution in [3.05, 3.63) is 42.2 Å². The second-order valence-electron chi connectivity index (χ2n) is 6.09. The zero-order valence-corrected chi connectivity index (χ0v) is 13.7. The Bertz CT molecular complexity index is 766. The Morgan fingerprint density at radius 1 is 1.28 bits per heavy atom. The number of hydrogen-bond acceptors (Lipinski definition) is 4. The van der Waals surface area contributed by atoms with Crippen molar-refractivity contribution in [2.45, 2.75) is 25.7 Å². The predicted molar refractivity (Wildman–Crippen MR) is 87.2 cm³/mol. The number of carboxylic acids is 1. The summed E-state index contributed by atoms with van der Waals surface area (Å²) < 4.78 is 19.3. The van der Waals surface area contributed by atoms with Crippen molar-refractivity contribution in [2.24, 2.45) is 5.92 Å². The van der Waals surface area contributed by atoms with Crippen molar-refractivity contribution in [3.8, 4) is 11.3 Å². The summed E-state index contributed by atoms with van der Waals surface area (Å²) in [6.07, 6.45) is 2.98. The number of carbonyl (C=O) groups excluding carboxylic acids is 1. The van der Waals surface area contributed by atoms with E-state index in [4.69, 9.17) is 9.52 Å². The first-order chi connectivity index (χ1) is 12.0. The molecule has 7 heteroatoms. The lowest BCUT2D eigenvalue weighted by atomic mass is 9.97. The van der Waals surface area contributed by atoms with Gasteiger partial charge in [0.25, 0.3) is 0 Å². The molecule has 132 valence electrons. The SMILES string of the molecule is O=C(O)C1CCN(C(=O)CCc2ncc(-c3ccccc3F)o2)CC1. The van der Waals surface area contributed by atoms with Crippen LogP contribution in [0.2, 0.25) is 0 Å². The first-order valence-electron chi connectivity index (χ1n) is 8.25. The van der Waals surface area contributed by atoms with Gasteiger partial charge in [0.15, 0.2) is 11.7 Å². The van der Waals surface area contributed by atoms with Gasteiger partial charge >= 0.3 is 5.97 Å². The normalized spacial score (nSPS) is 15.3. The highest BCUT2D eigenvalue weighted by atomic mass is 19.1. The highest BCUT2D eigenvalue weighted by Gasteiger charge is 2.26. The van der Waals surface area contributed by atoms with Gasteiger partial charge in [0.05, 0.1) is 17.7 Å². The Kier molecular flexibility index (Phi) is 5.11. The number of halogens is 1. The number of benzene rings is 1. The molecule has 0 unspecified atom stereocenters. The smallest absolute Gasteiger partial charge is 0.306 e. The third kappa shape index (κ3) is 4.04.